The predicted molar refractivity (Wildman–Crippen MR) is 123 cm³/mol. The van der Waals surface area contributed by atoms with E-state index < -0.39 is 17.7 Å². The molecule has 1 aliphatic carbocycles. The number of hydrogen-bond acceptors (Lipinski definition) is 6. The number of halogens is 2. The number of carbonyl (C=O) groups excluding carboxylic acids is 2. The highest BCUT2D eigenvalue weighted by Crippen LogP contribution is 2.32. The highest BCUT2D eigenvalue weighted by molar-refractivity contribution is 6.28. The van der Waals surface area contributed by atoms with Crippen molar-refractivity contribution in [2.75, 3.05) is 25.6 Å². The Morgan fingerprint density at radius 2 is 2.06 bits per heavy atom. The van der Waals surface area contributed by atoms with Crippen LogP contribution in [0.15, 0.2) is 6.20 Å². The van der Waals surface area contributed by atoms with Gasteiger partial charge in [-0.3, -0.25) is 14.1 Å². The second-order valence-corrected chi connectivity index (χ2v) is 9.67. The number of amides is 2. The van der Waals surface area contributed by atoms with Crippen molar-refractivity contribution in [2.24, 2.45) is 5.92 Å². The van der Waals surface area contributed by atoms with Crippen LogP contribution in [0.25, 0.3) is 0 Å². The lowest BCUT2D eigenvalue weighted by atomic mass is 9.77. The summed E-state index contributed by atoms with van der Waals surface area (Å²) < 4.78 is 17.7. The van der Waals surface area contributed by atoms with Gasteiger partial charge in [-0.25, -0.2) is 14.8 Å². The van der Waals surface area contributed by atoms with Gasteiger partial charge in [-0.05, 0) is 77.3 Å². The van der Waals surface area contributed by atoms with Gasteiger partial charge in [0, 0.05) is 31.4 Å². The van der Waals surface area contributed by atoms with Crippen LogP contribution in [0.2, 0.25) is 5.28 Å². The van der Waals surface area contributed by atoms with E-state index in [1.165, 1.54) is 4.90 Å². The maximum atomic E-state index is 12.5. The van der Waals surface area contributed by atoms with Gasteiger partial charge in [0.1, 0.15) is 17.5 Å². The van der Waals surface area contributed by atoms with E-state index in [1.807, 2.05) is 0 Å². The van der Waals surface area contributed by atoms with Crippen LogP contribution in [0.4, 0.5) is 15.0 Å². The monoisotopic (exact) mass is 471 g/mol. The molecule has 1 aliphatic rings. The lowest BCUT2D eigenvalue weighted by molar-refractivity contribution is -0.127. The molecule has 0 aliphatic heterocycles. The molecule has 2 N–H and O–H groups in total. The Hall–Kier alpha value is -2.16. The number of nitrogens with one attached hydrogen (secondary N) is 2. The number of alkyl halides is 1. The van der Waals surface area contributed by atoms with Crippen molar-refractivity contribution in [2.45, 2.75) is 77.5 Å². The van der Waals surface area contributed by atoms with E-state index in [0.29, 0.717) is 24.7 Å². The highest BCUT2D eigenvalue weighted by Gasteiger charge is 2.33. The van der Waals surface area contributed by atoms with E-state index in [9.17, 15) is 14.0 Å². The minimum atomic E-state index is -0.618. The van der Waals surface area contributed by atoms with E-state index >= 15 is 0 Å². The Bertz CT molecular complexity index is 783. The van der Waals surface area contributed by atoms with Gasteiger partial charge in [0.15, 0.2) is 0 Å². The first kappa shape index (κ1) is 26.1. The topological polar surface area (TPSA) is 96.5 Å². The quantitative estimate of drug-likeness (QED) is 0.395. The fourth-order valence-corrected chi connectivity index (χ4v) is 3.57. The second-order valence-electron chi connectivity index (χ2n) is 9.33. The number of hydrogen-bond donors (Lipinski definition) is 2. The van der Waals surface area contributed by atoms with Gasteiger partial charge in [-0.2, -0.15) is 0 Å². The van der Waals surface area contributed by atoms with Crippen molar-refractivity contribution in [3.05, 3.63) is 17.0 Å². The summed E-state index contributed by atoms with van der Waals surface area (Å²) in [6.07, 6.45) is 5.07. The molecule has 0 saturated heterocycles. The average molecular weight is 472 g/mol. The zero-order valence-corrected chi connectivity index (χ0v) is 20.3. The molecule has 1 fully saturated rings. The Kier molecular flexibility index (Phi) is 9.48. The number of aromatic nitrogens is 2. The van der Waals surface area contributed by atoms with E-state index in [2.05, 4.69) is 20.6 Å². The summed E-state index contributed by atoms with van der Waals surface area (Å²) in [5.74, 6) is 0.947. The van der Waals surface area contributed by atoms with E-state index in [-0.39, 0.29) is 23.9 Å². The molecule has 0 unspecified atom stereocenters. The number of likely N-dealkylation sites (N-methyl/N-ethyl adjacent to an activating group) is 1. The Labute approximate surface area is 194 Å². The van der Waals surface area contributed by atoms with Gasteiger partial charge < -0.3 is 15.4 Å². The van der Waals surface area contributed by atoms with Crippen LogP contribution in [0.1, 0.15) is 58.9 Å². The normalized spacial score (nSPS) is 19.0. The molecule has 0 bridgehead atoms. The van der Waals surface area contributed by atoms with Gasteiger partial charge >= 0.3 is 6.09 Å². The van der Waals surface area contributed by atoms with Gasteiger partial charge in [0.05, 0.1) is 6.67 Å². The molecule has 8 nitrogen and oxygen atoms in total. The lowest BCUT2D eigenvalue weighted by Gasteiger charge is -2.37. The molecule has 2 rings (SSSR count). The lowest BCUT2D eigenvalue weighted by Crippen LogP contribution is -2.52. The largest absolute Gasteiger partial charge is 0.444 e. The summed E-state index contributed by atoms with van der Waals surface area (Å²) in [4.78, 5) is 34.3. The summed E-state index contributed by atoms with van der Waals surface area (Å²) in [6.45, 7) is 7.16. The average Bonchev–Trinajstić information content (AvgIpc) is 2.68. The minimum absolute atomic E-state index is 0.102. The smallest absolute Gasteiger partial charge is 0.410 e. The third kappa shape index (κ3) is 8.07. The predicted octanol–water partition coefficient (Wildman–Crippen LogP) is 3.98. The molecule has 0 radical (unpaired) electrons. The van der Waals surface area contributed by atoms with Crippen LogP contribution in [0, 0.1) is 5.92 Å². The van der Waals surface area contributed by atoms with Crippen molar-refractivity contribution in [3.63, 3.8) is 0 Å². The molecule has 1 saturated carbocycles. The maximum absolute atomic E-state index is 12.5. The second kappa shape index (κ2) is 11.6. The fraction of sp³-hybridized carbons (Fsp3) is 0.727. The third-order valence-corrected chi connectivity index (χ3v) is 5.67. The molecular formula is C22H35ClFN5O3. The van der Waals surface area contributed by atoms with Crippen molar-refractivity contribution in [1.29, 1.82) is 0 Å². The molecule has 10 heteroatoms. The minimum Gasteiger partial charge on any atom is -0.444 e. The number of aryl methyl sites for hydroxylation is 1. The first-order valence-corrected chi connectivity index (χ1v) is 11.5. The Morgan fingerprint density at radius 1 is 1.38 bits per heavy atom. The zero-order valence-electron chi connectivity index (χ0n) is 19.6. The van der Waals surface area contributed by atoms with Crippen LogP contribution >= 0.6 is 11.6 Å². The molecule has 1 atom stereocenters. The summed E-state index contributed by atoms with van der Waals surface area (Å²) in [6, 6.07) is -0.515. The summed E-state index contributed by atoms with van der Waals surface area (Å²) >= 11 is 5.89. The summed E-state index contributed by atoms with van der Waals surface area (Å²) in [7, 11) is 1.56. The molecule has 0 aromatic carbocycles. The van der Waals surface area contributed by atoms with Crippen LogP contribution < -0.4 is 10.6 Å². The fourth-order valence-electron chi connectivity index (χ4n) is 3.43. The van der Waals surface area contributed by atoms with Gasteiger partial charge in [-0.15, -0.1) is 0 Å². The van der Waals surface area contributed by atoms with Gasteiger partial charge in [0.2, 0.25) is 11.2 Å². The molecule has 32 heavy (non-hydrogen) atoms. The van der Waals surface area contributed by atoms with Crippen LogP contribution in [-0.2, 0) is 16.0 Å². The molecule has 1 heterocycles. The number of carbonyl (C=O) groups is 2. The van der Waals surface area contributed by atoms with Crippen molar-refractivity contribution < 1.29 is 18.7 Å². The highest BCUT2D eigenvalue weighted by atomic mass is 35.5. The molecule has 1 aromatic heterocycles. The molecule has 1 aromatic rings. The van der Waals surface area contributed by atoms with Gasteiger partial charge in [-0.1, -0.05) is 0 Å². The molecule has 180 valence electrons. The third-order valence-electron chi connectivity index (χ3n) is 5.48. The van der Waals surface area contributed by atoms with E-state index in [0.717, 1.165) is 31.2 Å². The van der Waals surface area contributed by atoms with Crippen LogP contribution in [0.3, 0.4) is 0 Å². The van der Waals surface area contributed by atoms with Crippen molar-refractivity contribution in [1.82, 2.24) is 20.2 Å². The van der Waals surface area contributed by atoms with E-state index in [1.54, 1.807) is 40.9 Å². The van der Waals surface area contributed by atoms with E-state index in [4.69, 9.17) is 16.3 Å². The van der Waals surface area contributed by atoms with Crippen LogP contribution in [0.5, 0.6) is 0 Å². The van der Waals surface area contributed by atoms with Gasteiger partial charge in [0.25, 0.3) is 0 Å². The SMILES string of the molecule is C[C@@H](C(=O)NC1CC(CCc2cnc(Cl)nc2NCCCF)C1)N(C)C(=O)OC(C)(C)C. The van der Waals surface area contributed by atoms with Crippen LogP contribution in [-0.4, -0.2) is 64.8 Å². The number of nitrogens with zero attached hydrogens (tertiary/aromatic N) is 3. The summed E-state index contributed by atoms with van der Waals surface area (Å²) in [5, 5.41) is 6.30. The molecule has 2 amide bonds. The number of ether oxygens (including phenoxy) is 1. The molecule has 0 spiro atoms. The Morgan fingerprint density at radius 3 is 2.69 bits per heavy atom. The standard InChI is InChI=1S/C22H35ClFN5O3/c1-14(29(5)21(31)32-22(2,3)4)19(30)27-17-11-15(12-17)7-8-16-13-26-20(23)28-18(16)25-10-6-9-24/h13-15,17H,6-12H2,1-5H3,(H,27,30)(H,25,26,28)/t14-,15?,17?/m0/s1. The first-order chi connectivity index (χ1) is 15.0. The van der Waals surface area contributed by atoms with Crippen molar-refractivity contribution in [3.8, 4) is 0 Å². The Balaban J connectivity index is 1.76. The zero-order chi connectivity index (χ0) is 23.9. The number of anilines is 1. The molecular weight excluding hydrogens is 437 g/mol. The summed E-state index contributed by atoms with van der Waals surface area (Å²) in [5.41, 5.74) is 0.342. The van der Waals surface area contributed by atoms with Crippen molar-refractivity contribution >= 4 is 29.4 Å². The number of rotatable bonds is 10. The first-order valence-electron chi connectivity index (χ1n) is 11.1. The maximum Gasteiger partial charge on any atom is 0.410 e.